The molecule has 0 unspecified atom stereocenters. The highest BCUT2D eigenvalue weighted by Crippen LogP contribution is 2.20. The average Bonchev–Trinajstić information content (AvgIpc) is 3.12. The Kier molecular flexibility index (Phi) is 7.05. The van der Waals surface area contributed by atoms with Crippen molar-refractivity contribution >= 4 is 11.8 Å². The minimum atomic E-state index is -0.355. The Morgan fingerprint density at radius 3 is 2.68 bits per heavy atom. The molecular weight excluding hydrogens is 357 g/mol. The van der Waals surface area contributed by atoms with E-state index in [1.165, 1.54) is 6.07 Å². The minimum Gasteiger partial charge on any atom is -0.344 e. The summed E-state index contributed by atoms with van der Waals surface area (Å²) in [7, 11) is 1.86. The molecule has 0 bridgehead atoms. The number of amides is 2. The maximum atomic E-state index is 13.3. The number of benzene rings is 1. The number of likely N-dealkylation sites (N-methyl/N-ethyl adjacent to an activating group) is 1. The van der Waals surface area contributed by atoms with Crippen molar-refractivity contribution in [1.29, 1.82) is 0 Å². The third-order valence-corrected chi connectivity index (χ3v) is 6.16. The Labute approximate surface area is 167 Å². The molecule has 2 aliphatic rings. The Morgan fingerprint density at radius 1 is 1.29 bits per heavy atom. The molecule has 2 fully saturated rings. The molecule has 2 amide bonds. The molecule has 0 radical (unpaired) electrons. The van der Waals surface area contributed by atoms with Gasteiger partial charge in [-0.05, 0) is 69.3 Å². The van der Waals surface area contributed by atoms with E-state index in [9.17, 15) is 14.0 Å². The van der Waals surface area contributed by atoms with E-state index >= 15 is 0 Å². The Balaban J connectivity index is 1.39. The van der Waals surface area contributed by atoms with Crippen molar-refractivity contribution in [2.24, 2.45) is 5.92 Å². The normalized spacial score (nSPS) is 19.8. The van der Waals surface area contributed by atoms with Crippen molar-refractivity contribution in [3.63, 3.8) is 0 Å². The Morgan fingerprint density at radius 2 is 2.04 bits per heavy atom. The first-order valence-corrected chi connectivity index (χ1v) is 10.5. The number of likely N-dealkylation sites (tertiary alicyclic amines) is 2. The quantitative estimate of drug-likeness (QED) is 0.720. The van der Waals surface area contributed by atoms with Crippen LogP contribution >= 0.6 is 0 Å². The lowest BCUT2D eigenvalue weighted by atomic mass is 9.95. The lowest BCUT2D eigenvalue weighted by Crippen LogP contribution is -2.48. The van der Waals surface area contributed by atoms with Crippen LogP contribution in [0.15, 0.2) is 24.3 Å². The molecule has 0 N–H and O–H groups in total. The van der Waals surface area contributed by atoms with Gasteiger partial charge < -0.3 is 14.7 Å². The van der Waals surface area contributed by atoms with Crippen molar-refractivity contribution < 1.29 is 14.0 Å². The number of carbonyl (C=O) groups is 2. The third kappa shape index (κ3) is 5.31. The highest BCUT2D eigenvalue weighted by atomic mass is 19.1. The summed E-state index contributed by atoms with van der Waals surface area (Å²) in [4.78, 5) is 30.5. The summed E-state index contributed by atoms with van der Waals surface area (Å²) in [6.45, 7) is 6.27. The smallest absolute Gasteiger partial charge is 0.244 e. The first-order valence-electron chi connectivity index (χ1n) is 10.5. The molecule has 1 aromatic rings. The molecule has 1 atom stereocenters. The molecule has 0 saturated carbocycles. The number of hydrogen-bond acceptors (Lipinski definition) is 3. The zero-order valence-electron chi connectivity index (χ0n) is 17.1. The van der Waals surface area contributed by atoms with Crippen molar-refractivity contribution in [3.05, 3.63) is 35.6 Å². The molecule has 2 heterocycles. The van der Waals surface area contributed by atoms with Gasteiger partial charge in [-0.3, -0.25) is 9.59 Å². The van der Waals surface area contributed by atoms with Gasteiger partial charge in [0.05, 0.1) is 0 Å². The van der Waals surface area contributed by atoms with Crippen LogP contribution in [0.5, 0.6) is 0 Å². The predicted molar refractivity (Wildman–Crippen MR) is 107 cm³/mol. The molecule has 2 aliphatic heterocycles. The predicted octanol–water partition coefficient (Wildman–Crippen LogP) is 2.55. The van der Waals surface area contributed by atoms with Crippen LogP contribution in [-0.4, -0.2) is 72.3 Å². The fraction of sp³-hybridized carbons (Fsp3) is 0.636. The van der Waals surface area contributed by atoms with Crippen molar-refractivity contribution in [3.8, 4) is 0 Å². The topological polar surface area (TPSA) is 43.9 Å². The lowest BCUT2D eigenvalue weighted by molar-refractivity contribution is -0.142. The van der Waals surface area contributed by atoms with Crippen LogP contribution < -0.4 is 0 Å². The van der Waals surface area contributed by atoms with E-state index in [1.54, 1.807) is 17.0 Å². The van der Waals surface area contributed by atoms with E-state index in [0.717, 1.165) is 57.4 Å². The molecular formula is C22H32FN3O2. The van der Waals surface area contributed by atoms with Crippen molar-refractivity contribution in [2.45, 2.75) is 45.1 Å². The van der Waals surface area contributed by atoms with Crippen LogP contribution in [0.1, 0.15) is 38.2 Å². The van der Waals surface area contributed by atoms with Gasteiger partial charge in [0, 0.05) is 33.1 Å². The van der Waals surface area contributed by atoms with Gasteiger partial charge >= 0.3 is 0 Å². The molecule has 0 aliphatic carbocycles. The lowest BCUT2D eigenvalue weighted by Gasteiger charge is -2.35. The summed E-state index contributed by atoms with van der Waals surface area (Å²) in [6.07, 6.45) is 4.42. The largest absolute Gasteiger partial charge is 0.344 e. The van der Waals surface area contributed by atoms with E-state index in [0.29, 0.717) is 18.9 Å². The van der Waals surface area contributed by atoms with Crippen LogP contribution in [0.2, 0.25) is 0 Å². The summed E-state index contributed by atoms with van der Waals surface area (Å²) in [6, 6.07) is 6.47. The van der Waals surface area contributed by atoms with Gasteiger partial charge in [0.1, 0.15) is 11.9 Å². The standard InChI is InChI=1S/C22H32FN3O2/c1-17(26-11-4-7-21(26)27)22(28)24(2)16-19-9-13-25(14-10-19)12-8-18-5-3-6-20(23)15-18/h3,5-6,15,17,19H,4,7-14,16H2,1-2H3/t17-/m0/s1. The van der Waals surface area contributed by atoms with Gasteiger partial charge in [-0.2, -0.15) is 0 Å². The number of rotatable bonds is 7. The first-order chi connectivity index (χ1) is 13.4. The van der Waals surface area contributed by atoms with E-state index in [2.05, 4.69) is 4.90 Å². The Hall–Kier alpha value is -1.95. The first kappa shape index (κ1) is 20.8. The summed E-state index contributed by atoms with van der Waals surface area (Å²) >= 11 is 0. The summed E-state index contributed by atoms with van der Waals surface area (Å²) in [5, 5.41) is 0. The zero-order valence-corrected chi connectivity index (χ0v) is 17.1. The second-order valence-corrected chi connectivity index (χ2v) is 8.25. The van der Waals surface area contributed by atoms with Gasteiger partial charge in [0.25, 0.3) is 0 Å². The SMILES string of the molecule is C[C@@H](C(=O)N(C)CC1CCN(CCc2cccc(F)c2)CC1)N1CCCC1=O. The van der Waals surface area contributed by atoms with Gasteiger partial charge in [-0.1, -0.05) is 12.1 Å². The van der Waals surface area contributed by atoms with Crippen LogP contribution in [0.25, 0.3) is 0 Å². The van der Waals surface area contributed by atoms with Gasteiger partial charge in [0.15, 0.2) is 0 Å². The molecule has 28 heavy (non-hydrogen) atoms. The summed E-state index contributed by atoms with van der Waals surface area (Å²) in [5.41, 5.74) is 1.04. The molecule has 2 saturated heterocycles. The van der Waals surface area contributed by atoms with E-state index < -0.39 is 0 Å². The van der Waals surface area contributed by atoms with E-state index in [-0.39, 0.29) is 23.7 Å². The van der Waals surface area contributed by atoms with Gasteiger partial charge in [0.2, 0.25) is 11.8 Å². The molecule has 5 nitrogen and oxygen atoms in total. The fourth-order valence-corrected chi connectivity index (χ4v) is 4.38. The van der Waals surface area contributed by atoms with Crippen molar-refractivity contribution in [1.82, 2.24) is 14.7 Å². The average molecular weight is 390 g/mol. The van der Waals surface area contributed by atoms with Crippen LogP contribution in [-0.2, 0) is 16.0 Å². The highest BCUT2D eigenvalue weighted by molar-refractivity contribution is 5.88. The minimum absolute atomic E-state index is 0.0452. The number of hydrogen-bond donors (Lipinski definition) is 0. The second kappa shape index (κ2) is 9.50. The molecule has 154 valence electrons. The number of nitrogens with zero attached hydrogens (tertiary/aromatic N) is 3. The molecule has 0 aromatic heterocycles. The summed E-state index contributed by atoms with van der Waals surface area (Å²) in [5.74, 6) is 0.472. The van der Waals surface area contributed by atoms with Crippen LogP contribution in [0, 0.1) is 11.7 Å². The monoisotopic (exact) mass is 389 g/mol. The number of piperidine rings is 1. The van der Waals surface area contributed by atoms with Gasteiger partial charge in [-0.25, -0.2) is 4.39 Å². The van der Waals surface area contributed by atoms with E-state index in [1.807, 2.05) is 24.9 Å². The number of halogens is 1. The maximum absolute atomic E-state index is 13.3. The molecule has 0 spiro atoms. The molecule has 3 rings (SSSR count). The fourth-order valence-electron chi connectivity index (χ4n) is 4.38. The molecule has 1 aromatic carbocycles. The maximum Gasteiger partial charge on any atom is 0.244 e. The van der Waals surface area contributed by atoms with Crippen molar-refractivity contribution in [2.75, 3.05) is 39.8 Å². The number of carbonyl (C=O) groups excluding carboxylic acids is 2. The highest BCUT2D eigenvalue weighted by Gasteiger charge is 2.32. The summed E-state index contributed by atoms with van der Waals surface area (Å²) < 4.78 is 13.3. The van der Waals surface area contributed by atoms with E-state index in [4.69, 9.17) is 0 Å². The second-order valence-electron chi connectivity index (χ2n) is 8.25. The van der Waals surface area contributed by atoms with Crippen LogP contribution in [0.4, 0.5) is 4.39 Å². The third-order valence-electron chi connectivity index (χ3n) is 6.16. The molecule has 6 heteroatoms. The van der Waals surface area contributed by atoms with Crippen LogP contribution in [0.3, 0.4) is 0 Å². The zero-order chi connectivity index (χ0) is 20.1. The van der Waals surface area contributed by atoms with Gasteiger partial charge in [-0.15, -0.1) is 0 Å². The Bertz CT molecular complexity index is 688.